The van der Waals surface area contributed by atoms with E-state index in [-0.39, 0.29) is 18.1 Å². The Labute approximate surface area is 129 Å². The average Bonchev–Trinajstić information content (AvgIpc) is 2.91. The van der Waals surface area contributed by atoms with E-state index in [1.165, 1.54) is 19.3 Å². The molecule has 0 aromatic carbocycles. The molecule has 3 unspecified atom stereocenters. The van der Waals surface area contributed by atoms with Crippen molar-refractivity contribution >= 4 is 5.91 Å². The van der Waals surface area contributed by atoms with Gasteiger partial charge in [0.05, 0.1) is 12.1 Å². The second kappa shape index (κ2) is 7.59. The maximum atomic E-state index is 12.7. The van der Waals surface area contributed by atoms with Crippen LogP contribution in [-0.2, 0) is 4.79 Å². The van der Waals surface area contributed by atoms with Gasteiger partial charge in [-0.15, -0.1) is 0 Å². The number of nitrogens with zero attached hydrogens (tertiary/aromatic N) is 2. The molecule has 4 nitrogen and oxygen atoms in total. The molecule has 0 saturated heterocycles. The molecule has 0 bridgehead atoms. The molecular weight excluding hydrogens is 264 g/mol. The molecule has 1 amide bonds. The Morgan fingerprint density at radius 1 is 1.10 bits per heavy atom. The van der Waals surface area contributed by atoms with Gasteiger partial charge < -0.3 is 10.0 Å². The molecule has 1 N–H and O–H groups in total. The molecule has 2 aliphatic rings. The fourth-order valence-corrected chi connectivity index (χ4v) is 3.89. The molecule has 0 heterocycles. The quantitative estimate of drug-likeness (QED) is 0.846. The zero-order valence-electron chi connectivity index (χ0n) is 13.9. The smallest absolute Gasteiger partial charge is 0.239 e. The highest BCUT2D eigenvalue weighted by Gasteiger charge is 2.31. The molecule has 0 spiro atoms. The molecule has 2 saturated carbocycles. The lowest BCUT2D eigenvalue weighted by Gasteiger charge is -2.36. The predicted octanol–water partition coefficient (Wildman–Crippen LogP) is 2.26. The van der Waals surface area contributed by atoms with Gasteiger partial charge in [-0.1, -0.05) is 25.7 Å². The van der Waals surface area contributed by atoms with Crippen molar-refractivity contribution in [3.8, 4) is 0 Å². The van der Waals surface area contributed by atoms with Crippen LogP contribution in [0.4, 0.5) is 0 Å². The Morgan fingerprint density at radius 2 is 1.76 bits per heavy atom. The van der Waals surface area contributed by atoms with Gasteiger partial charge >= 0.3 is 0 Å². The van der Waals surface area contributed by atoms with Crippen molar-refractivity contribution in [1.29, 1.82) is 0 Å². The van der Waals surface area contributed by atoms with Crippen LogP contribution in [0.25, 0.3) is 0 Å². The van der Waals surface area contributed by atoms with E-state index in [4.69, 9.17) is 0 Å². The van der Waals surface area contributed by atoms with Crippen LogP contribution in [0.5, 0.6) is 0 Å². The van der Waals surface area contributed by atoms with Crippen LogP contribution in [0.15, 0.2) is 0 Å². The Kier molecular flexibility index (Phi) is 6.06. The van der Waals surface area contributed by atoms with E-state index in [1.54, 1.807) is 0 Å². The van der Waals surface area contributed by atoms with E-state index < -0.39 is 0 Å². The van der Waals surface area contributed by atoms with Gasteiger partial charge in [0.1, 0.15) is 0 Å². The maximum Gasteiger partial charge on any atom is 0.239 e. The summed E-state index contributed by atoms with van der Waals surface area (Å²) in [7, 11) is 3.98. The number of amides is 1. The monoisotopic (exact) mass is 296 g/mol. The number of hydrogen-bond acceptors (Lipinski definition) is 3. The average molecular weight is 296 g/mol. The van der Waals surface area contributed by atoms with Gasteiger partial charge in [-0.05, 0) is 45.6 Å². The molecule has 0 aliphatic heterocycles. The summed E-state index contributed by atoms with van der Waals surface area (Å²) < 4.78 is 0. The first-order valence-corrected chi connectivity index (χ1v) is 8.65. The second-order valence-electron chi connectivity index (χ2n) is 7.11. The number of hydrogen-bond donors (Lipinski definition) is 1. The molecule has 21 heavy (non-hydrogen) atoms. The van der Waals surface area contributed by atoms with E-state index in [1.807, 2.05) is 25.9 Å². The highest BCUT2D eigenvalue weighted by Crippen LogP contribution is 2.27. The predicted molar refractivity (Wildman–Crippen MR) is 85.1 cm³/mol. The van der Waals surface area contributed by atoms with Crippen molar-refractivity contribution in [2.75, 3.05) is 20.6 Å². The van der Waals surface area contributed by atoms with Crippen LogP contribution in [-0.4, -0.2) is 59.6 Å². The van der Waals surface area contributed by atoms with Crippen LogP contribution in [0.1, 0.15) is 58.3 Å². The zero-order valence-corrected chi connectivity index (χ0v) is 13.9. The summed E-state index contributed by atoms with van der Waals surface area (Å²) in [6.45, 7) is 2.83. The number of rotatable bonds is 5. The fourth-order valence-electron chi connectivity index (χ4n) is 3.89. The summed E-state index contributed by atoms with van der Waals surface area (Å²) in [6, 6.07) is 0.337. The summed E-state index contributed by atoms with van der Waals surface area (Å²) in [5.74, 6) is 0.571. The lowest BCUT2D eigenvalue weighted by atomic mass is 9.94. The minimum atomic E-state index is -0.175. The second-order valence-corrected chi connectivity index (χ2v) is 7.11. The van der Waals surface area contributed by atoms with Crippen molar-refractivity contribution in [3.63, 3.8) is 0 Å². The van der Waals surface area contributed by atoms with Crippen LogP contribution >= 0.6 is 0 Å². The lowest BCUT2D eigenvalue weighted by molar-refractivity contribution is -0.137. The minimum Gasteiger partial charge on any atom is -0.393 e. The molecule has 4 heteroatoms. The standard InChI is InChI=1S/C17H32N2O2/c1-13(18(2)12-14-8-7-11-16(14)20)17(21)19(3)15-9-5-4-6-10-15/h13-16,20H,4-12H2,1-3H3. The van der Waals surface area contributed by atoms with Gasteiger partial charge in [-0.2, -0.15) is 0 Å². The summed E-state index contributed by atoms with van der Waals surface area (Å²) in [5.41, 5.74) is 0. The third kappa shape index (κ3) is 4.19. The maximum absolute atomic E-state index is 12.7. The summed E-state index contributed by atoms with van der Waals surface area (Å²) in [4.78, 5) is 16.8. The molecule has 3 atom stereocenters. The fraction of sp³-hybridized carbons (Fsp3) is 0.941. The Bertz CT molecular complexity index is 342. The lowest BCUT2D eigenvalue weighted by Crippen LogP contribution is -2.49. The van der Waals surface area contributed by atoms with Gasteiger partial charge in [0.15, 0.2) is 0 Å². The number of aliphatic hydroxyl groups excluding tert-OH is 1. The van der Waals surface area contributed by atoms with Crippen molar-refractivity contribution < 1.29 is 9.90 Å². The van der Waals surface area contributed by atoms with Crippen LogP contribution in [0.3, 0.4) is 0 Å². The number of carbonyl (C=O) groups is 1. The summed E-state index contributed by atoms with van der Waals surface area (Å²) in [5, 5.41) is 9.95. The van der Waals surface area contributed by atoms with Crippen molar-refractivity contribution in [3.05, 3.63) is 0 Å². The molecule has 0 radical (unpaired) electrons. The Morgan fingerprint density at radius 3 is 2.33 bits per heavy atom. The zero-order chi connectivity index (χ0) is 15.4. The number of carbonyl (C=O) groups excluding carboxylic acids is 1. The van der Waals surface area contributed by atoms with Crippen LogP contribution in [0.2, 0.25) is 0 Å². The Hall–Kier alpha value is -0.610. The van der Waals surface area contributed by atoms with Gasteiger partial charge in [0.2, 0.25) is 5.91 Å². The van der Waals surface area contributed by atoms with Crippen molar-refractivity contribution in [2.24, 2.45) is 5.92 Å². The minimum absolute atomic E-state index is 0.0928. The molecule has 2 rings (SSSR count). The van der Waals surface area contributed by atoms with E-state index >= 15 is 0 Å². The first kappa shape index (κ1) is 16.8. The van der Waals surface area contributed by atoms with Crippen LogP contribution in [0, 0.1) is 5.92 Å². The van der Waals surface area contributed by atoms with Gasteiger partial charge in [-0.3, -0.25) is 9.69 Å². The van der Waals surface area contributed by atoms with E-state index in [9.17, 15) is 9.90 Å². The molecule has 2 fully saturated rings. The number of aliphatic hydroxyl groups is 1. The highest BCUT2D eigenvalue weighted by molar-refractivity contribution is 5.81. The topological polar surface area (TPSA) is 43.8 Å². The number of likely N-dealkylation sites (N-methyl/N-ethyl adjacent to an activating group) is 2. The first-order valence-electron chi connectivity index (χ1n) is 8.65. The third-order valence-corrected chi connectivity index (χ3v) is 5.63. The summed E-state index contributed by atoms with van der Waals surface area (Å²) in [6.07, 6.45) is 9.07. The SMILES string of the molecule is CC(C(=O)N(C)C1CCCCC1)N(C)CC1CCCC1O. The molecule has 122 valence electrons. The first-order chi connectivity index (χ1) is 10.0. The van der Waals surface area contributed by atoms with Gasteiger partial charge in [0.25, 0.3) is 0 Å². The third-order valence-electron chi connectivity index (χ3n) is 5.63. The van der Waals surface area contributed by atoms with Crippen molar-refractivity contribution in [1.82, 2.24) is 9.80 Å². The Balaban J connectivity index is 1.85. The molecular formula is C17H32N2O2. The highest BCUT2D eigenvalue weighted by atomic mass is 16.3. The van der Waals surface area contributed by atoms with E-state index in [2.05, 4.69) is 4.90 Å². The van der Waals surface area contributed by atoms with E-state index in [0.29, 0.717) is 12.0 Å². The van der Waals surface area contributed by atoms with Gasteiger partial charge in [0, 0.05) is 19.6 Å². The molecule has 0 aromatic heterocycles. The normalized spacial score (nSPS) is 28.8. The van der Waals surface area contributed by atoms with Gasteiger partial charge in [-0.25, -0.2) is 0 Å². The summed E-state index contributed by atoms with van der Waals surface area (Å²) >= 11 is 0. The van der Waals surface area contributed by atoms with E-state index in [0.717, 1.165) is 38.6 Å². The molecule has 0 aromatic rings. The van der Waals surface area contributed by atoms with Crippen LogP contribution < -0.4 is 0 Å². The molecule has 2 aliphatic carbocycles. The van der Waals surface area contributed by atoms with Crippen molar-refractivity contribution in [2.45, 2.75) is 76.5 Å². The largest absolute Gasteiger partial charge is 0.393 e.